The van der Waals surface area contributed by atoms with Crippen molar-refractivity contribution in [2.45, 2.75) is 0 Å². The van der Waals surface area contributed by atoms with Crippen LogP contribution in [0.3, 0.4) is 0 Å². The van der Waals surface area contributed by atoms with Gasteiger partial charge in [0, 0.05) is 14.1 Å². The lowest BCUT2D eigenvalue weighted by atomic mass is 10.5. The Labute approximate surface area is 70.8 Å². The summed E-state index contributed by atoms with van der Waals surface area (Å²) in [5.41, 5.74) is 0. The molecule has 66 valence electrons. The van der Waals surface area contributed by atoms with Gasteiger partial charge in [-0.3, -0.25) is 9.59 Å². The summed E-state index contributed by atoms with van der Waals surface area (Å²) in [7, 11) is 3.38. The molecule has 1 amide bonds. The zero-order valence-electron chi connectivity index (χ0n) is 7.06. The quantitative estimate of drug-likeness (QED) is 0.615. The van der Waals surface area contributed by atoms with Crippen LogP contribution in [-0.4, -0.2) is 31.7 Å². The van der Waals surface area contributed by atoms with Gasteiger partial charge in [0.25, 0.3) is 0 Å². The van der Waals surface area contributed by atoms with Gasteiger partial charge in [0.05, 0.1) is 6.26 Å². The summed E-state index contributed by atoms with van der Waals surface area (Å²) in [4.78, 5) is 20.6. The summed E-state index contributed by atoms with van der Waals surface area (Å²) in [6.45, 7) is 0. The lowest BCUT2D eigenvalue weighted by molar-refractivity contribution is -0.115. The van der Waals surface area contributed by atoms with E-state index in [-0.39, 0.29) is 0 Å². The maximum absolute atomic E-state index is 9.77. The largest absolute Gasteiger partial charge is 0.462 e. The van der Waals surface area contributed by atoms with E-state index >= 15 is 0 Å². The fraction of sp³-hybridized carbons (Fsp3) is 0.250. The van der Waals surface area contributed by atoms with Gasteiger partial charge >= 0.3 is 0 Å². The van der Waals surface area contributed by atoms with Crippen molar-refractivity contribution in [3.8, 4) is 0 Å². The second-order valence-electron chi connectivity index (χ2n) is 2.20. The highest BCUT2D eigenvalue weighted by Crippen LogP contribution is 1.92. The maximum Gasteiger partial charge on any atom is 0.209 e. The molecule has 0 atom stereocenters. The summed E-state index contributed by atoms with van der Waals surface area (Å²) in [6.07, 6.45) is 2.88. The minimum Gasteiger partial charge on any atom is -0.462 e. The van der Waals surface area contributed by atoms with Crippen LogP contribution in [0.5, 0.6) is 0 Å². The second kappa shape index (κ2) is 6.15. The van der Waals surface area contributed by atoms with E-state index in [1.54, 1.807) is 26.2 Å². The monoisotopic (exact) mass is 169 g/mol. The third-order valence-corrected chi connectivity index (χ3v) is 0.870. The molecule has 4 nitrogen and oxygen atoms in total. The maximum atomic E-state index is 9.77. The normalized spacial score (nSPS) is 7.83. The van der Waals surface area contributed by atoms with Crippen molar-refractivity contribution >= 4 is 12.7 Å². The first kappa shape index (κ1) is 10.4. The lowest BCUT2D eigenvalue weighted by Gasteiger charge is -1.93. The Hall–Kier alpha value is -1.58. The molecule has 0 aliphatic heterocycles. The molecule has 1 aromatic rings. The summed E-state index contributed by atoms with van der Waals surface area (Å²) in [6, 6.07) is 3.27. The van der Waals surface area contributed by atoms with Gasteiger partial charge in [-0.2, -0.15) is 0 Å². The molecule has 0 radical (unpaired) electrons. The molecule has 12 heavy (non-hydrogen) atoms. The highest BCUT2D eigenvalue weighted by Gasteiger charge is 1.84. The number of hydrogen-bond donors (Lipinski definition) is 0. The van der Waals surface area contributed by atoms with Crippen molar-refractivity contribution in [2.24, 2.45) is 0 Å². The van der Waals surface area contributed by atoms with Crippen LogP contribution in [0.4, 0.5) is 0 Å². The molecule has 4 heteroatoms. The molecule has 1 rings (SSSR count). The number of carbonyl (C=O) groups is 2. The highest BCUT2D eigenvalue weighted by molar-refractivity contribution is 5.69. The van der Waals surface area contributed by atoms with E-state index in [2.05, 4.69) is 4.42 Å². The third-order valence-electron chi connectivity index (χ3n) is 0.870. The molecule has 1 aromatic heterocycles. The average molecular weight is 169 g/mol. The molecule has 0 aliphatic rings. The molecular formula is C8H11NO3. The molecule has 0 unspecified atom stereocenters. The molecule has 1 heterocycles. The molecule has 0 aromatic carbocycles. The zero-order valence-corrected chi connectivity index (χ0v) is 7.06. The predicted molar refractivity (Wildman–Crippen MR) is 43.8 cm³/mol. The summed E-state index contributed by atoms with van der Waals surface area (Å²) in [5, 5.41) is 0. The number of hydrogen-bond acceptors (Lipinski definition) is 3. The first-order chi connectivity index (χ1) is 5.70. The van der Waals surface area contributed by atoms with Crippen molar-refractivity contribution < 1.29 is 14.0 Å². The van der Waals surface area contributed by atoms with Gasteiger partial charge < -0.3 is 9.32 Å². The van der Waals surface area contributed by atoms with E-state index in [1.807, 2.05) is 0 Å². The SMILES string of the molecule is CN(C)C=O.O=Cc1ccco1. The number of amides is 1. The van der Waals surface area contributed by atoms with Crippen molar-refractivity contribution in [3.05, 3.63) is 24.2 Å². The van der Waals surface area contributed by atoms with Crippen LogP contribution in [0.1, 0.15) is 10.6 Å². The van der Waals surface area contributed by atoms with Crippen molar-refractivity contribution in [2.75, 3.05) is 14.1 Å². The van der Waals surface area contributed by atoms with Gasteiger partial charge in [-0.1, -0.05) is 0 Å². The van der Waals surface area contributed by atoms with E-state index in [4.69, 9.17) is 0 Å². The fourth-order valence-electron chi connectivity index (χ4n) is 0.358. The fourth-order valence-corrected chi connectivity index (χ4v) is 0.358. The Balaban J connectivity index is 0.000000217. The van der Waals surface area contributed by atoms with E-state index < -0.39 is 0 Å². The van der Waals surface area contributed by atoms with E-state index in [0.29, 0.717) is 12.0 Å². The Morgan fingerprint density at radius 1 is 1.42 bits per heavy atom. The molecule has 0 bridgehead atoms. The van der Waals surface area contributed by atoms with Crippen LogP contribution in [0.2, 0.25) is 0 Å². The van der Waals surface area contributed by atoms with Crippen LogP contribution in [0.25, 0.3) is 0 Å². The van der Waals surface area contributed by atoms with Crippen LogP contribution in [-0.2, 0) is 4.79 Å². The Kier molecular flexibility index (Phi) is 5.34. The van der Waals surface area contributed by atoms with Crippen LogP contribution in [0.15, 0.2) is 22.8 Å². The van der Waals surface area contributed by atoms with Gasteiger partial charge in [0.2, 0.25) is 6.41 Å². The van der Waals surface area contributed by atoms with E-state index in [9.17, 15) is 9.59 Å². The Bertz CT molecular complexity index is 216. The number of aldehydes is 1. The van der Waals surface area contributed by atoms with Gasteiger partial charge in [0.1, 0.15) is 0 Å². The summed E-state index contributed by atoms with van der Waals surface area (Å²) in [5.74, 6) is 0.375. The Morgan fingerprint density at radius 3 is 2.17 bits per heavy atom. The molecular weight excluding hydrogens is 158 g/mol. The molecule has 0 N–H and O–H groups in total. The molecule has 0 saturated carbocycles. The second-order valence-corrected chi connectivity index (χ2v) is 2.20. The zero-order chi connectivity index (χ0) is 9.40. The van der Waals surface area contributed by atoms with E-state index in [0.717, 1.165) is 6.41 Å². The van der Waals surface area contributed by atoms with Crippen LogP contribution in [0, 0.1) is 0 Å². The molecule has 0 fully saturated rings. The van der Waals surface area contributed by atoms with Crippen LogP contribution < -0.4 is 0 Å². The minimum absolute atomic E-state index is 0.375. The third kappa shape index (κ3) is 5.22. The standard InChI is InChI=1S/C5H4O2.C3H7NO/c6-4-5-2-1-3-7-5;1-4(2)3-5/h1-4H;3H,1-2H3. The molecule has 0 saturated heterocycles. The highest BCUT2D eigenvalue weighted by atomic mass is 16.3. The number of rotatable bonds is 2. The molecule has 0 spiro atoms. The van der Waals surface area contributed by atoms with Crippen molar-refractivity contribution in [1.82, 2.24) is 4.90 Å². The smallest absolute Gasteiger partial charge is 0.209 e. The van der Waals surface area contributed by atoms with Crippen molar-refractivity contribution in [3.63, 3.8) is 0 Å². The van der Waals surface area contributed by atoms with Crippen LogP contribution >= 0.6 is 0 Å². The number of carbonyl (C=O) groups excluding carboxylic acids is 2. The van der Waals surface area contributed by atoms with Gasteiger partial charge in [-0.15, -0.1) is 0 Å². The summed E-state index contributed by atoms with van der Waals surface area (Å²) >= 11 is 0. The first-order valence-corrected chi connectivity index (χ1v) is 3.31. The number of nitrogens with zero attached hydrogens (tertiary/aromatic N) is 1. The molecule has 0 aliphatic carbocycles. The van der Waals surface area contributed by atoms with Gasteiger partial charge in [-0.05, 0) is 12.1 Å². The minimum atomic E-state index is 0.375. The van der Waals surface area contributed by atoms with Gasteiger partial charge in [0.15, 0.2) is 12.0 Å². The average Bonchev–Trinajstić information content (AvgIpc) is 2.57. The topological polar surface area (TPSA) is 50.5 Å². The van der Waals surface area contributed by atoms with Gasteiger partial charge in [-0.25, -0.2) is 0 Å². The predicted octanol–water partition coefficient (Wildman–Crippen LogP) is 0.796. The summed E-state index contributed by atoms with van der Waals surface area (Å²) < 4.78 is 4.61. The van der Waals surface area contributed by atoms with Crippen molar-refractivity contribution in [1.29, 1.82) is 0 Å². The first-order valence-electron chi connectivity index (χ1n) is 3.31. The number of furan rings is 1. The Morgan fingerprint density at radius 2 is 2.00 bits per heavy atom. The van der Waals surface area contributed by atoms with E-state index in [1.165, 1.54) is 11.2 Å². The lowest BCUT2D eigenvalue weighted by Crippen LogP contribution is -2.06.